The molecule has 1 aromatic heterocycles. The molecular formula is C25H18BrCl3N4O5. The minimum absolute atomic E-state index is 0.00980. The van der Waals surface area contributed by atoms with Crippen molar-refractivity contribution < 1.29 is 14.7 Å². The maximum absolute atomic E-state index is 13.8. The van der Waals surface area contributed by atoms with E-state index in [2.05, 4.69) is 15.9 Å². The molecule has 1 saturated heterocycles. The summed E-state index contributed by atoms with van der Waals surface area (Å²) in [7, 11) is 0. The lowest BCUT2D eigenvalue weighted by atomic mass is 9.64. The Morgan fingerprint density at radius 1 is 1.00 bits per heavy atom. The molecule has 3 aliphatic rings. The van der Waals surface area contributed by atoms with Crippen molar-refractivity contribution in [3.05, 3.63) is 91.7 Å². The smallest absolute Gasteiger partial charge is 0.352 e. The van der Waals surface area contributed by atoms with Gasteiger partial charge in [-0.05, 0) is 35.9 Å². The maximum atomic E-state index is 13.8. The summed E-state index contributed by atoms with van der Waals surface area (Å²) in [4.78, 5) is 51.3. The van der Waals surface area contributed by atoms with Gasteiger partial charge < -0.3 is 5.11 Å². The third kappa shape index (κ3) is 3.11. The number of alkyl halides is 3. The highest BCUT2D eigenvalue weighted by atomic mass is 79.9. The molecule has 13 heteroatoms. The van der Waals surface area contributed by atoms with E-state index in [1.54, 1.807) is 36.4 Å². The van der Waals surface area contributed by atoms with E-state index in [0.717, 1.165) is 9.47 Å². The average molecular weight is 641 g/mol. The number of halogens is 4. The van der Waals surface area contributed by atoms with Gasteiger partial charge in [-0.15, -0.1) is 23.2 Å². The number of rotatable bonds is 3. The van der Waals surface area contributed by atoms with E-state index in [1.165, 1.54) is 27.6 Å². The topological polar surface area (TPSA) is 107 Å². The number of likely N-dealkylation sites (tertiary alicyclic amines) is 1. The number of carbonyl (C=O) groups is 2. The minimum Gasteiger partial charge on any atom is -0.508 e. The Kier molecular flexibility index (Phi) is 5.77. The van der Waals surface area contributed by atoms with Crippen LogP contribution in [0, 0.1) is 0 Å². The molecule has 4 unspecified atom stereocenters. The van der Waals surface area contributed by atoms with E-state index in [1.807, 2.05) is 0 Å². The van der Waals surface area contributed by atoms with Crippen molar-refractivity contribution in [2.24, 2.45) is 0 Å². The Balaban J connectivity index is 1.64. The molecule has 9 nitrogen and oxygen atoms in total. The molecular weight excluding hydrogens is 623 g/mol. The number of allylic oxidation sites excluding steroid dienone is 2. The first-order chi connectivity index (χ1) is 18.1. The average Bonchev–Trinajstić information content (AvgIpc) is 3.24. The Morgan fingerprint density at radius 3 is 2.39 bits per heavy atom. The lowest BCUT2D eigenvalue weighted by Crippen LogP contribution is -2.59. The van der Waals surface area contributed by atoms with Crippen LogP contribution in [0.5, 0.6) is 5.75 Å². The van der Waals surface area contributed by atoms with Crippen LogP contribution in [-0.2, 0) is 16.1 Å². The Labute approximate surface area is 238 Å². The first-order valence-electron chi connectivity index (χ1n) is 11.5. The minimum atomic E-state index is -2.04. The van der Waals surface area contributed by atoms with Crippen molar-refractivity contribution in [2.45, 2.75) is 34.7 Å². The van der Waals surface area contributed by atoms with Crippen molar-refractivity contribution in [3.8, 4) is 11.4 Å². The molecule has 3 heterocycles. The molecule has 2 fully saturated rings. The van der Waals surface area contributed by atoms with E-state index < -0.39 is 44.9 Å². The molecule has 38 heavy (non-hydrogen) atoms. The van der Waals surface area contributed by atoms with Gasteiger partial charge >= 0.3 is 11.4 Å². The summed E-state index contributed by atoms with van der Waals surface area (Å²) in [5.41, 5.74) is -0.330. The highest BCUT2D eigenvalue weighted by Gasteiger charge is 2.75. The summed E-state index contributed by atoms with van der Waals surface area (Å²) in [5.74, 6) is -2.83. The zero-order chi connectivity index (χ0) is 27.1. The van der Waals surface area contributed by atoms with Crippen LogP contribution in [0.4, 0.5) is 0 Å². The number of imide groups is 1. The quantitative estimate of drug-likeness (QED) is 0.204. The second-order valence-corrected chi connectivity index (χ2v) is 11.6. The van der Waals surface area contributed by atoms with Crippen LogP contribution in [0.3, 0.4) is 0 Å². The first kappa shape index (κ1) is 25.5. The monoisotopic (exact) mass is 638 g/mol. The lowest BCUT2D eigenvalue weighted by Gasteiger charge is -2.49. The molecule has 196 valence electrons. The molecule has 3 aromatic rings. The molecule has 0 spiro atoms. The summed E-state index contributed by atoms with van der Waals surface area (Å²) < 4.78 is 3.57. The summed E-state index contributed by atoms with van der Waals surface area (Å²) >= 11 is 23.7. The number of aromatic nitrogens is 3. The zero-order valence-electron chi connectivity index (χ0n) is 19.4. The molecule has 2 aromatic carbocycles. The number of hydrogen-bond donors (Lipinski definition) is 1. The third-order valence-electron chi connectivity index (χ3n) is 7.60. The van der Waals surface area contributed by atoms with E-state index in [9.17, 15) is 24.3 Å². The van der Waals surface area contributed by atoms with E-state index in [-0.39, 0.29) is 34.8 Å². The standard InChI is InChI=1S/C25H18BrCl3N4O5/c26-12-30-20(35)24(28)11-17-15(19(25(24,29)21(30)36)16-10-13(27)6-7-18(16)34)8-9-31-22(37)32(23(38)33(17)31)14-4-2-1-3-5-14/h1-8,10,17,19,34H,9,11-12H2. The molecule has 1 saturated carbocycles. The van der Waals surface area contributed by atoms with Crippen LogP contribution in [0.15, 0.2) is 69.8 Å². The molecule has 0 radical (unpaired) electrons. The summed E-state index contributed by atoms with van der Waals surface area (Å²) in [6, 6.07) is 11.8. The van der Waals surface area contributed by atoms with Crippen LogP contribution in [-0.4, -0.2) is 51.0 Å². The predicted octanol–water partition coefficient (Wildman–Crippen LogP) is 3.50. The van der Waals surface area contributed by atoms with Gasteiger partial charge in [0.15, 0.2) is 9.75 Å². The van der Waals surface area contributed by atoms with Crippen LogP contribution >= 0.6 is 50.7 Å². The zero-order valence-corrected chi connectivity index (χ0v) is 23.2. The molecule has 1 aliphatic carbocycles. The fourth-order valence-electron chi connectivity index (χ4n) is 5.92. The molecule has 0 bridgehead atoms. The van der Waals surface area contributed by atoms with Gasteiger partial charge in [0.25, 0.3) is 11.8 Å². The van der Waals surface area contributed by atoms with Crippen molar-refractivity contribution in [1.82, 2.24) is 18.8 Å². The Bertz CT molecular complexity index is 1680. The van der Waals surface area contributed by atoms with Crippen LogP contribution in [0.2, 0.25) is 5.02 Å². The summed E-state index contributed by atoms with van der Waals surface area (Å²) in [5, 5.41) is 11.1. The maximum Gasteiger partial charge on any atom is 0.352 e. The van der Waals surface area contributed by atoms with Crippen molar-refractivity contribution in [1.29, 1.82) is 0 Å². The van der Waals surface area contributed by atoms with Gasteiger partial charge in [-0.1, -0.05) is 51.8 Å². The Hall–Kier alpha value is -2.79. The van der Waals surface area contributed by atoms with Gasteiger partial charge in [0, 0.05) is 22.9 Å². The second-order valence-electron chi connectivity index (χ2n) is 9.39. The highest BCUT2D eigenvalue weighted by molar-refractivity contribution is 9.09. The summed E-state index contributed by atoms with van der Waals surface area (Å²) in [6.07, 6.45) is 1.45. The van der Waals surface area contributed by atoms with Crippen LogP contribution < -0.4 is 11.4 Å². The number of aromatic hydroxyl groups is 1. The van der Waals surface area contributed by atoms with Gasteiger partial charge in [-0.25, -0.2) is 23.5 Å². The number of benzene rings is 2. The molecule has 4 atom stereocenters. The van der Waals surface area contributed by atoms with E-state index >= 15 is 0 Å². The number of nitrogens with zero attached hydrogens (tertiary/aromatic N) is 4. The van der Waals surface area contributed by atoms with Crippen molar-refractivity contribution >= 4 is 62.5 Å². The van der Waals surface area contributed by atoms with Crippen molar-refractivity contribution in [2.75, 3.05) is 5.45 Å². The summed E-state index contributed by atoms with van der Waals surface area (Å²) in [6.45, 7) is -0.00980. The number of carbonyl (C=O) groups excluding carboxylic acids is 2. The number of amides is 2. The number of para-hydroxylation sites is 1. The lowest BCUT2D eigenvalue weighted by molar-refractivity contribution is -0.138. The van der Waals surface area contributed by atoms with Crippen molar-refractivity contribution in [3.63, 3.8) is 0 Å². The van der Waals surface area contributed by atoms with Gasteiger partial charge in [0.1, 0.15) is 5.75 Å². The third-order valence-corrected chi connectivity index (χ3v) is 9.75. The fourth-order valence-corrected chi connectivity index (χ4v) is 7.49. The predicted molar refractivity (Wildman–Crippen MR) is 145 cm³/mol. The van der Waals surface area contributed by atoms with Gasteiger partial charge in [0.05, 0.1) is 23.7 Å². The second kappa shape index (κ2) is 8.61. The number of phenolic OH excluding ortho intramolecular Hbond substituents is 1. The van der Waals surface area contributed by atoms with Gasteiger partial charge in [0.2, 0.25) is 0 Å². The van der Waals surface area contributed by atoms with Gasteiger partial charge in [-0.2, -0.15) is 0 Å². The molecule has 6 rings (SSSR count). The highest BCUT2D eigenvalue weighted by Crippen LogP contribution is 2.64. The number of hydrogen-bond acceptors (Lipinski definition) is 5. The SMILES string of the molecule is O=C1N(CBr)C(=O)C2(Cl)C(c3cc(Cl)ccc3O)C3=CCn4c(=O)n(-c5ccccc5)c(=O)n4C3CC12Cl. The van der Waals surface area contributed by atoms with Crippen LogP contribution in [0.1, 0.15) is 23.9 Å². The molecule has 1 N–H and O–H groups in total. The van der Waals surface area contributed by atoms with E-state index in [4.69, 9.17) is 34.8 Å². The molecule has 2 aliphatic heterocycles. The normalized spacial score (nSPS) is 28.1. The number of fused-ring (bicyclic) bond motifs is 4. The first-order valence-corrected chi connectivity index (χ1v) is 13.8. The Morgan fingerprint density at radius 2 is 1.71 bits per heavy atom. The fraction of sp³-hybridized carbons (Fsp3) is 0.280. The van der Waals surface area contributed by atoms with Gasteiger partial charge in [-0.3, -0.25) is 14.5 Å². The van der Waals surface area contributed by atoms with E-state index in [0.29, 0.717) is 11.3 Å². The largest absolute Gasteiger partial charge is 0.508 e. The number of phenols is 1. The molecule has 2 amide bonds. The van der Waals surface area contributed by atoms with Crippen LogP contribution in [0.25, 0.3) is 5.69 Å².